The van der Waals surface area contributed by atoms with Gasteiger partial charge in [0.1, 0.15) is 0 Å². The molecule has 0 atom stereocenters. The first-order valence-electron chi connectivity index (χ1n) is 5.61. The Hall–Kier alpha value is -1.09. The minimum Gasteiger partial charge on any atom is -0.219 e. The van der Waals surface area contributed by atoms with Gasteiger partial charge in [-0.1, -0.05) is 39.3 Å². The number of aryl methyl sites for hydroxylation is 1. The largest absolute Gasteiger partial charge is 0.219 e. The topological polar surface area (TPSA) is 30.2 Å². The van der Waals surface area contributed by atoms with Crippen LogP contribution in [0.25, 0.3) is 5.65 Å². The molecule has 3 nitrogen and oxygen atoms in total. The fourth-order valence-corrected chi connectivity index (χ4v) is 1.46. The molecule has 4 heteroatoms. The molecule has 0 fully saturated rings. The minimum atomic E-state index is 0.325. The zero-order valence-electron chi connectivity index (χ0n) is 10.5. The van der Waals surface area contributed by atoms with Gasteiger partial charge in [-0.2, -0.15) is 5.10 Å². The second-order valence-electron chi connectivity index (χ2n) is 3.71. The molecule has 0 saturated heterocycles. The van der Waals surface area contributed by atoms with Crippen LogP contribution in [0.2, 0.25) is 5.02 Å². The van der Waals surface area contributed by atoms with Gasteiger partial charge >= 0.3 is 0 Å². The average molecular weight is 240 g/mol. The van der Waals surface area contributed by atoms with Crippen molar-refractivity contribution in [1.29, 1.82) is 0 Å². The van der Waals surface area contributed by atoms with Crippen LogP contribution in [0.15, 0.2) is 12.3 Å². The molecule has 0 radical (unpaired) electrons. The Kier molecular flexibility index (Phi) is 4.30. The average Bonchev–Trinajstić information content (AvgIpc) is 2.71. The Labute approximate surface area is 101 Å². The highest BCUT2D eigenvalue weighted by Gasteiger charge is 2.10. The van der Waals surface area contributed by atoms with E-state index in [0.29, 0.717) is 10.9 Å². The summed E-state index contributed by atoms with van der Waals surface area (Å²) in [6.07, 6.45) is 1.88. The van der Waals surface area contributed by atoms with Crippen LogP contribution >= 0.6 is 11.6 Å². The van der Waals surface area contributed by atoms with Gasteiger partial charge in [-0.3, -0.25) is 0 Å². The van der Waals surface area contributed by atoms with Gasteiger partial charge in [-0.15, -0.1) is 0 Å². The van der Waals surface area contributed by atoms with E-state index in [1.165, 1.54) is 0 Å². The molecule has 0 spiro atoms. The molecule has 0 N–H and O–H groups in total. The summed E-state index contributed by atoms with van der Waals surface area (Å²) in [5.74, 6) is 1.16. The fraction of sp³-hybridized carbons (Fsp3) is 0.500. The maximum atomic E-state index is 6.12. The molecule has 16 heavy (non-hydrogen) atoms. The van der Waals surface area contributed by atoms with Crippen LogP contribution < -0.4 is 0 Å². The lowest BCUT2D eigenvalue weighted by molar-refractivity contribution is 0.765. The summed E-state index contributed by atoms with van der Waals surface area (Å²) >= 11 is 6.12. The van der Waals surface area contributed by atoms with Gasteiger partial charge in [0, 0.05) is 12.1 Å². The van der Waals surface area contributed by atoms with Crippen molar-refractivity contribution in [2.45, 2.75) is 40.5 Å². The van der Waals surface area contributed by atoms with Crippen molar-refractivity contribution in [2.24, 2.45) is 0 Å². The first-order valence-corrected chi connectivity index (χ1v) is 5.98. The SMILES string of the molecule is CC.Cc1ccn2nc(C(C)C)nc2c1Cl. The quantitative estimate of drug-likeness (QED) is 0.757. The lowest BCUT2D eigenvalue weighted by atomic mass is 10.2. The van der Waals surface area contributed by atoms with Gasteiger partial charge in [0.05, 0.1) is 5.02 Å². The number of aromatic nitrogens is 3. The van der Waals surface area contributed by atoms with Crippen LogP contribution in [0.1, 0.15) is 45.0 Å². The highest BCUT2D eigenvalue weighted by molar-refractivity contribution is 6.34. The molecule has 0 amide bonds. The van der Waals surface area contributed by atoms with E-state index < -0.39 is 0 Å². The Bertz CT molecular complexity index is 474. The predicted octanol–water partition coefficient (Wildman–Crippen LogP) is 3.84. The smallest absolute Gasteiger partial charge is 0.174 e. The third-order valence-electron chi connectivity index (χ3n) is 2.17. The lowest BCUT2D eigenvalue weighted by Gasteiger charge is -1.96. The normalized spacial score (nSPS) is 10.4. The summed E-state index contributed by atoms with van der Waals surface area (Å²) in [5.41, 5.74) is 1.78. The van der Waals surface area contributed by atoms with E-state index in [1.54, 1.807) is 4.52 Å². The van der Waals surface area contributed by atoms with Gasteiger partial charge < -0.3 is 0 Å². The summed E-state index contributed by atoms with van der Waals surface area (Å²) in [4.78, 5) is 4.39. The van der Waals surface area contributed by atoms with Gasteiger partial charge in [0.2, 0.25) is 0 Å². The number of rotatable bonds is 1. The Balaban J connectivity index is 0.000000606. The first kappa shape index (κ1) is 13.0. The zero-order chi connectivity index (χ0) is 12.3. The molecule has 0 bridgehead atoms. The van der Waals surface area contributed by atoms with Crippen molar-refractivity contribution in [3.05, 3.63) is 28.7 Å². The highest BCUT2D eigenvalue weighted by atomic mass is 35.5. The third-order valence-corrected chi connectivity index (χ3v) is 2.64. The van der Waals surface area contributed by atoms with Crippen LogP contribution in [0.5, 0.6) is 0 Å². The highest BCUT2D eigenvalue weighted by Crippen LogP contribution is 2.21. The standard InChI is InChI=1S/C10H12ClN3.C2H6/c1-6(2)9-12-10-8(11)7(3)4-5-14(10)13-9;1-2/h4-6H,1-3H3;1-2H3. The summed E-state index contributed by atoms with van der Waals surface area (Å²) < 4.78 is 1.73. The maximum Gasteiger partial charge on any atom is 0.174 e. The Morgan fingerprint density at radius 2 is 1.94 bits per heavy atom. The molecular weight excluding hydrogens is 222 g/mol. The van der Waals surface area contributed by atoms with E-state index in [4.69, 9.17) is 11.6 Å². The number of nitrogens with zero attached hydrogens (tertiary/aromatic N) is 3. The molecule has 88 valence electrons. The molecule has 0 aliphatic rings. The first-order chi connectivity index (χ1) is 7.59. The van der Waals surface area contributed by atoms with E-state index in [9.17, 15) is 0 Å². The summed E-state index contributed by atoms with van der Waals surface area (Å²) in [7, 11) is 0. The van der Waals surface area contributed by atoms with Gasteiger partial charge in [0.25, 0.3) is 0 Å². The lowest BCUT2D eigenvalue weighted by Crippen LogP contribution is -1.91. The van der Waals surface area contributed by atoms with E-state index >= 15 is 0 Å². The van der Waals surface area contributed by atoms with Gasteiger partial charge in [-0.25, -0.2) is 9.50 Å². The minimum absolute atomic E-state index is 0.325. The summed E-state index contributed by atoms with van der Waals surface area (Å²) in [6, 6.07) is 1.94. The van der Waals surface area contributed by atoms with Crippen LogP contribution in [0.3, 0.4) is 0 Å². The molecule has 0 unspecified atom stereocenters. The molecule has 0 aliphatic carbocycles. The zero-order valence-corrected chi connectivity index (χ0v) is 11.2. The second kappa shape index (κ2) is 5.30. The van der Waals surface area contributed by atoms with Crippen LogP contribution in [-0.4, -0.2) is 14.6 Å². The number of hydrogen-bond donors (Lipinski definition) is 0. The molecular formula is C12H18ClN3. The van der Waals surface area contributed by atoms with E-state index in [2.05, 4.69) is 23.9 Å². The summed E-state index contributed by atoms with van der Waals surface area (Å²) in [5, 5.41) is 5.02. The molecule has 0 saturated carbocycles. The maximum absolute atomic E-state index is 6.12. The van der Waals surface area contributed by atoms with E-state index in [-0.39, 0.29) is 0 Å². The van der Waals surface area contributed by atoms with Crippen LogP contribution in [0.4, 0.5) is 0 Å². The number of hydrogen-bond acceptors (Lipinski definition) is 2. The molecule has 2 aromatic heterocycles. The molecule has 0 aliphatic heterocycles. The van der Waals surface area contributed by atoms with Gasteiger partial charge in [-0.05, 0) is 18.6 Å². The van der Waals surface area contributed by atoms with E-state index in [0.717, 1.165) is 17.0 Å². The number of pyridine rings is 1. The Morgan fingerprint density at radius 3 is 2.50 bits per heavy atom. The van der Waals surface area contributed by atoms with Crippen LogP contribution in [0, 0.1) is 6.92 Å². The molecule has 0 aromatic carbocycles. The van der Waals surface area contributed by atoms with Crippen LogP contribution in [-0.2, 0) is 0 Å². The van der Waals surface area contributed by atoms with Crippen molar-refractivity contribution in [3.63, 3.8) is 0 Å². The molecule has 2 rings (SSSR count). The predicted molar refractivity (Wildman–Crippen MR) is 68.2 cm³/mol. The number of fused-ring (bicyclic) bond motifs is 1. The van der Waals surface area contributed by atoms with Crippen molar-refractivity contribution in [1.82, 2.24) is 14.6 Å². The fourth-order valence-electron chi connectivity index (χ4n) is 1.27. The van der Waals surface area contributed by atoms with Crippen molar-refractivity contribution in [2.75, 3.05) is 0 Å². The van der Waals surface area contributed by atoms with Crippen molar-refractivity contribution in [3.8, 4) is 0 Å². The molecule has 2 aromatic rings. The van der Waals surface area contributed by atoms with Crippen molar-refractivity contribution >= 4 is 17.2 Å². The van der Waals surface area contributed by atoms with Crippen molar-refractivity contribution < 1.29 is 0 Å². The molecule has 2 heterocycles. The van der Waals surface area contributed by atoms with Gasteiger partial charge in [0.15, 0.2) is 11.5 Å². The third kappa shape index (κ3) is 2.35. The Morgan fingerprint density at radius 1 is 1.31 bits per heavy atom. The number of halogens is 1. The van der Waals surface area contributed by atoms with E-state index in [1.807, 2.05) is 33.0 Å². The summed E-state index contributed by atoms with van der Waals surface area (Å²) in [6.45, 7) is 10.1. The second-order valence-corrected chi connectivity index (χ2v) is 4.08. The monoisotopic (exact) mass is 239 g/mol.